The number of benzene rings is 3. The molecule has 3 aromatic rings. The first-order chi connectivity index (χ1) is 15.8. The number of carbonyl (C=O) groups is 1. The number of aryl methyl sites for hydroxylation is 1. The van der Waals surface area contributed by atoms with Gasteiger partial charge in [-0.1, -0.05) is 35.9 Å². The van der Waals surface area contributed by atoms with Crippen LogP contribution in [-0.2, 0) is 16.6 Å². The molecule has 0 aliphatic heterocycles. The summed E-state index contributed by atoms with van der Waals surface area (Å²) in [5.74, 6) is 0.437. The van der Waals surface area contributed by atoms with Gasteiger partial charge in [-0.25, -0.2) is 13.1 Å². The maximum atomic E-state index is 12.9. The van der Waals surface area contributed by atoms with E-state index in [2.05, 4.69) is 10.0 Å². The van der Waals surface area contributed by atoms with Crippen molar-refractivity contribution in [3.8, 4) is 11.5 Å². The van der Waals surface area contributed by atoms with Gasteiger partial charge in [-0.05, 0) is 60.5 Å². The number of carbonyl (C=O) groups excluding carboxylic acids is 1. The minimum absolute atomic E-state index is 0.0649. The maximum Gasteiger partial charge on any atom is 0.251 e. The molecule has 33 heavy (non-hydrogen) atoms. The van der Waals surface area contributed by atoms with E-state index in [1.165, 1.54) is 25.3 Å². The molecule has 0 spiro atoms. The van der Waals surface area contributed by atoms with Crippen molar-refractivity contribution in [2.45, 2.75) is 18.4 Å². The number of hydrogen-bond acceptors (Lipinski definition) is 5. The van der Waals surface area contributed by atoms with Crippen LogP contribution < -0.4 is 19.5 Å². The fourth-order valence-corrected chi connectivity index (χ4v) is 4.36. The van der Waals surface area contributed by atoms with Crippen LogP contribution in [0.2, 0.25) is 5.02 Å². The maximum absolute atomic E-state index is 12.9. The summed E-state index contributed by atoms with van der Waals surface area (Å²) < 4.78 is 39.2. The molecule has 1 amide bonds. The van der Waals surface area contributed by atoms with Crippen LogP contribution in [-0.4, -0.2) is 34.6 Å². The van der Waals surface area contributed by atoms with Crippen molar-refractivity contribution in [1.29, 1.82) is 0 Å². The molecule has 0 aliphatic rings. The van der Waals surface area contributed by atoms with Crippen molar-refractivity contribution in [3.05, 3.63) is 88.4 Å². The second kappa shape index (κ2) is 11.2. The molecule has 0 aliphatic carbocycles. The molecule has 9 heteroatoms. The summed E-state index contributed by atoms with van der Waals surface area (Å²) in [4.78, 5) is 12.4. The first kappa shape index (κ1) is 24.6. The third-order valence-corrected chi connectivity index (χ3v) is 6.42. The van der Waals surface area contributed by atoms with Crippen molar-refractivity contribution < 1.29 is 22.7 Å². The topological polar surface area (TPSA) is 93.7 Å². The molecule has 0 bridgehead atoms. The van der Waals surface area contributed by atoms with Gasteiger partial charge in [0.05, 0.1) is 13.7 Å². The number of amides is 1. The number of sulfonamides is 1. The van der Waals surface area contributed by atoms with Gasteiger partial charge >= 0.3 is 0 Å². The lowest BCUT2D eigenvalue weighted by atomic mass is 10.2. The van der Waals surface area contributed by atoms with Gasteiger partial charge in [-0.3, -0.25) is 4.79 Å². The third kappa shape index (κ3) is 6.95. The standard InChI is InChI=1S/C24H25ClN2O5S/c1-17-4-3-5-21(14-17)32-13-12-26-24(28)19-8-11-22(31-2)23(15-19)33(29,30)27-16-18-6-9-20(25)10-7-18/h3-11,14-15,27H,12-13,16H2,1-2H3,(H,26,28). The van der Waals surface area contributed by atoms with Gasteiger partial charge in [0.15, 0.2) is 0 Å². The van der Waals surface area contributed by atoms with Crippen molar-refractivity contribution >= 4 is 27.5 Å². The predicted octanol–water partition coefficient (Wildman–Crippen LogP) is 3.94. The van der Waals surface area contributed by atoms with E-state index >= 15 is 0 Å². The largest absolute Gasteiger partial charge is 0.495 e. The van der Waals surface area contributed by atoms with Crippen molar-refractivity contribution in [1.82, 2.24) is 10.0 Å². The molecular weight excluding hydrogens is 464 g/mol. The Balaban J connectivity index is 1.64. The average Bonchev–Trinajstić information content (AvgIpc) is 2.81. The Bertz CT molecular complexity index is 1210. The second-order valence-corrected chi connectivity index (χ2v) is 9.41. The molecular formula is C24H25ClN2O5S. The van der Waals surface area contributed by atoms with Crippen molar-refractivity contribution in [2.75, 3.05) is 20.3 Å². The fraction of sp³-hybridized carbons (Fsp3) is 0.208. The molecule has 0 radical (unpaired) electrons. The first-order valence-corrected chi connectivity index (χ1v) is 12.0. The highest BCUT2D eigenvalue weighted by Gasteiger charge is 2.21. The number of nitrogens with one attached hydrogen (secondary N) is 2. The Hall–Kier alpha value is -3.07. The van der Waals surface area contributed by atoms with Gasteiger partial charge in [0.25, 0.3) is 5.91 Å². The van der Waals surface area contributed by atoms with Crippen LogP contribution in [0.4, 0.5) is 0 Å². The molecule has 3 rings (SSSR count). The summed E-state index contributed by atoms with van der Waals surface area (Å²) in [5, 5.41) is 3.29. The molecule has 0 saturated carbocycles. The molecule has 0 saturated heterocycles. The minimum Gasteiger partial charge on any atom is -0.495 e. The van der Waals surface area contributed by atoms with E-state index < -0.39 is 15.9 Å². The highest BCUT2D eigenvalue weighted by atomic mass is 35.5. The molecule has 7 nitrogen and oxygen atoms in total. The van der Waals surface area contributed by atoms with Crippen LogP contribution >= 0.6 is 11.6 Å². The van der Waals surface area contributed by atoms with Crippen LogP contribution in [0.25, 0.3) is 0 Å². The number of rotatable bonds is 10. The van der Waals surface area contributed by atoms with E-state index in [4.69, 9.17) is 21.1 Å². The fourth-order valence-electron chi connectivity index (χ4n) is 3.03. The summed E-state index contributed by atoms with van der Waals surface area (Å²) in [6.45, 7) is 2.57. The van der Waals surface area contributed by atoms with Crippen LogP contribution in [0, 0.1) is 6.92 Å². The summed E-state index contributed by atoms with van der Waals surface area (Å²) in [7, 11) is -2.57. The Morgan fingerprint density at radius 3 is 2.48 bits per heavy atom. The Kier molecular flexibility index (Phi) is 8.32. The lowest BCUT2D eigenvalue weighted by molar-refractivity contribution is 0.0946. The lowest BCUT2D eigenvalue weighted by Crippen LogP contribution is -2.29. The quantitative estimate of drug-likeness (QED) is 0.421. The van der Waals surface area contributed by atoms with Crippen LogP contribution in [0.5, 0.6) is 11.5 Å². The van der Waals surface area contributed by atoms with E-state index in [0.717, 1.165) is 11.1 Å². The SMILES string of the molecule is COc1ccc(C(=O)NCCOc2cccc(C)c2)cc1S(=O)(=O)NCc1ccc(Cl)cc1. The normalized spacial score (nSPS) is 11.1. The van der Waals surface area contributed by atoms with Crippen LogP contribution in [0.15, 0.2) is 71.6 Å². The number of methoxy groups -OCH3 is 1. The molecule has 0 fully saturated rings. The van der Waals surface area contributed by atoms with E-state index in [0.29, 0.717) is 10.8 Å². The van der Waals surface area contributed by atoms with E-state index in [-0.39, 0.29) is 35.9 Å². The molecule has 0 unspecified atom stereocenters. The molecule has 174 valence electrons. The first-order valence-electron chi connectivity index (χ1n) is 10.2. The molecule has 2 N–H and O–H groups in total. The van der Waals surface area contributed by atoms with Crippen molar-refractivity contribution in [3.63, 3.8) is 0 Å². The zero-order valence-electron chi connectivity index (χ0n) is 18.3. The van der Waals surface area contributed by atoms with Gasteiger partial charge < -0.3 is 14.8 Å². The molecule has 3 aromatic carbocycles. The average molecular weight is 489 g/mol. The zero-order chi connectivity index (χ0) is 23.8. The predicted molar refractivity (Wildman–Crippen MR) is 127 cm³/mol. The number of hydrogen-bond donors (Lipinski definition) is 2. The van der Waals surface area contributed by atoms with Gasteiger partial charge in [0.1, 0.15) is 23.0 Å². The van der Waals surface area contributed by atoms with Gasteiger partial charge in [0, 0.05) is 17.1 Å². The Morgan fingerprint density at radius 1 is 1.03 bits per heavy atom. The third-order valence-electron chi connectivity index (χ3n) is 4.74. The number of ether oxygens (including phenoxy) is 2. The van der Waals surface area contributed by atoms with Crippen LogP contribution in [0.3, 0.4) is 0 Å². The summed E-state index contributed by atoms with van der Waals surface area (Å²) >= 11 is 5.87. The van der Waals surface area contributed by atoms with Crippen LogP contribution in [0.1, 0.15) is 21.5 Å². The summed E-state index contributed by atoms with van der Waals surface area (Å²) in [5.41, 5.74) is 2.01. The highest BCUT2D eigenvalue weighted by molar-refractivity contribution is 7.89. The minimum atomic E-state index is -3.95. The summed E-state index contributed by atoms with van der Waals surface area (Å²) in [6.07, 6.45) is 0. The molecule has 0 aromatic heterocycles. The molecule has 0 heterocycles. The highest BCUT2D eigenvalue weighted by Crippen LogP contribution is 2.25. The van der Waals surface area contributed by atoms with Crippen molar-refractivity contribution in [2.24, 2.45) is 0 Å². The zero-order valence-corrected chi connectivity index (χ0v) is 19.9. The van der Waals surface area contributed by atoms with E-state index in [9.17, 15) is 13.2 Å². The van der Waals surface area contributed by atoms with E-state index in [1.807, 2.05) is 31.2 Å². The number of halogens is 1. The monoisotopic (exact) mass is 488 g/mol. The van der Waals surface area contributed by atoms with Gasteiger partial charge in [-0.2, -0.15) is 0 Å². The van der Waals surface area contributed by atoms with Gasteiger partial charge in [-0.15, -0.1) is 0 Å². The summed E-state index contributed by atoms with van der Waals surface area (Å²) in [6, 6.07) is 18.7. The smallest absolute Gasteiger partial charge is 0.251 e. The van der Waals surface area contributed by atoms with Gasteiger partial charge in [0.2, 0.25) is 10.0 Å². The lowest BCUT2D eigenvalue weighted by Gasteiger charge is -2.13. The molecule has 0 atom stereocenters. The Labute approximate surface area is 198 Å². The second-order valence-electron chi connectivity index (χ2n) is 7.24. The Morgan fingerprint density at radius 2 is 1.79 bits per heavy atom. The van der Waals surface area contributed by atoms with E-state index in [1.54, 1.807) is 24.3 Å².